The highest BCUT2D eigenvalue weighted by Gasteiger charge is 2.20. The van der Waals surface area contributed by atoms with Gasteiger partial charge in [-0.3, -0.25) is 9.52 Å². The molecule has 0 unspecified atom stereocenters. The molecule has 3 aromatic carbocycles. The Morgan fingerprint density at radius 1 is 0.967 bits per heavy atom. The predicted molar refractivity (Wildman–Crippen MR) is 117 cm³/mol. The Balaban J connectivity index is 1.80. The summed E-state index contributed by atoms with van der Waals surface area (Å²) in [6.45, 7) is 3.56. The zero-order valence-electron chi connectivity index (χ0n) is 17.0. The van der Waals surface area contributed by atoms with Gasteiger partial charge in [0.25, 0.3) is 15.9 Å². The molecule has 3 rings (SSSR count). The van der Waals surface area contributed by atoms with E-state index < -0.39 is 10.0 Å². The van der Waals surface area contributed by atoms with Gasteiger partial charge in [-0.25, -0.2) is 8.42 Å². The molecule has 0 bridgehead atoms. The maximum absolute atomic E-state index is 12.8. The number of nitrogens with one attached hydrogen (secondary N) is 2. The number of anilines is 1. The molecule has 6 nitrogen and oxygen atoms in total. The van der Waals surface area contributed by atoms with Gasteiger partial charge in [0.05, 0.1) is 18.0 Å². The van der Waals surface area contributed by atoms with Crippen molar-refractivity contribution in [2.45, 2.75) is 24.8 Å². The molecule has 0 saturated heterocycles. The fourth-order valence-electron chi connectivity index (χ4n) is 3.00. The molecule has 2 N–H and O–H groups in total. The molecule has 3 aromatic rings. The summed E-state index contributed by atoms with van der Waals surface area (Å²) < 4.78 is 33.4. The van der Waals surface area contributed by atoms with Crippen LogP contribution in [0, 0.1) is 6.92 Å². The number of hydrogen-bond acceptors (Lipinski definition) is 4. The van der Waals surface area contributed by atoms with Crippen molar-refractivity contribution in [2.24, 2.45) is 0 Å². The van der Waals surface area contributed by atoms with E-state index in [1.54, 1.807) is 56.5 Å². The van der Waals surface area contributed by atoms with Crippen molar-refractivity contribution in [1.82, 2.24) is 5.32 Å². The number of methoxy groups -OCH3 is 1. The number of ether oxygens (including phenoxy) is 1. The largest absolute Gasteiger partial charge is 0.497 e. The molecule has 0 aliphatic rings. The van der Waals surface area contributed by atoms with E-state index in [1.165, 1.54) is 6.07 Å². The van der Waals surface area contributed by atoms with Crippen LogP contribution in [0.25, 0.3) is 0 Å². The third-order valence-electron chi connectivity index (χ3n) is 4.73. The third kappa shape index (κ3) is 4.99. The van der Waals surface area contributed by atoms with Crippen LogP contribution in [-0.2, 0) is 10.0 Å². The standard InChI is InChI=1S/C23H24N2O4S/c1-16-9-10-19(15-22(16)30(27,28)25-20-7-5-4-6-8-20)23(26)24-17(2)18-11-13-21(29-3)14-12-18/h4-15,17,25H,1-3H3,(H,24,26)/t17-/m0/s1. The minimum absolute atomic E-state index is 0.0658. The summed E-state index contributed by atoms with van der Waals surface area (Å²) in [5.41, 5.74) is 2.20. The number of rotatable bonds is 7. The monoisotopic (exact) mass is 424 g/mol. The number of para-hydroxylation sites is 1. The number of benzene rings is 3. The van der Waals surface area contributed by atoms with Crippen molar-refractivity contribution in [3.8, 4) is 5.75 Å². The van der Waals surface area contributed by atoms with Crippen LogP contribution in [0.15, 0.2) is 77.7 Å². The van der Waals surface area contributed by atoms with Crippen LogP contribution < -0.4 is 14.8 Å². The van der Waals surface area contributed by atoms with Crippen LogP contribution >= 0.6 is 0 Å². The van der Waals surface area contributed by atoms with Gasteiger partial charge in [-0.15, -0.1) is 0 Å². The molecule has 0 radical (unpaired) electrons. The Labute approximate surface area is 177 Å². The lowest BCUT2D eigenvalue weighted by Crippen LogP contribution is -2.27. The van der Waals surface area contributed by atoms with Crippen molar-refractivity contribution in [3.05, 3.63) is 89.5 Å². The zero-order valence-corrected chi connectivity index (χ0v) is 17.9. The van der Waals surface area contributed by atoms with Crippen molar-refractivity contribution in [2.75, 3.05) is 11.8 Å². The van der Waals surface area contributed by atoms with Gasteiger partial charge < -0.3 is 10.1 Å². The van der Waals surface area contributed by atoms with Crippen molar-refractivity contribution < 1.29 is 17.9 Å². The number of carbonyl (C=O) groups excluding carboxylic acids is 1. The first-order valence-corrected chi connectivity index (χ1v) is 10.9. The van der Waals surface area contributed by atoms with Crippen LogP contribution in [0.4, 0.5) is 5.69 Å². The Morgan fingerprint density at radius 2 is 1.63 bits per heavy atom. The van der Waals surface area contributed by atoms with Crippen LogP contribution in [-0.4, -0.2) is 21.4 Å². The molecule has 156 valence electrons. The summed E-state index contributed by atoms with van der Waals surface area (Å²) in [6.07, 6.45) is 0. The Bertz CT molecular complexity index is 1130. The van der Waals surface area contributed by atoms with E-state index in [0.29, 0.717) is 11.3 Å². The van der Waals surface area contributed by atoms with Crippen molar-refractivity contribution in [1.29, 1.82) is 0 Å². The van der Waals surface area contributed by atoms with E-state index >= 15 is 0 Å². The summed E-state index contributed by atoms with van der Waals surface area (Å²) in [5.74, 6) is 0.381. The Morgan fingerprint density at radius 3 is 2.27 bits per heavy atom. The van der Waals surface area contributed by atoms with Crippen LogP contribution in [0.5, 0.6) is 5.75 Å². The van der Waals surface area contributed by atoms with E-state index in [2.05, 4.69) is 10.0 Å². The molecule has 0 heterocycles. The fourth-order valence-corrected chi connectivity index (χ4v) is 4.33. The summed E-state index contributed by atoms with van der Waals surface area (Å²) >= 11 is 0. The first-order chi connectivity index (χ1) is 14.3. The van der Waals surface area contributed by atoms with E-state index in [0.717, 1.165) is 11.3 Å². The van der Waals surface area contributed by atoms with E-state index in [9.17, 15) is 13.2 Å². The molecule has 1 atom stereocenters. The maximum atomic E-state index is 12.8. The Hall–Kier alpha value is -3.32. The second kappa shape index (κ2) is 9.00. The Kier molecular flexibility index (Phi) is 6.42. The molecule has 0 aliphatic heterocycles. The van der Waals surface area contributed by atoms with Crippen molar-refractivity contribution >= 4 is 21.6 Å². The predicted octanol–water partition coefficient (Wildman–Crippen LogP) is 4.30. The summed E-state index contributed by atoms with van der Waals surface area (Å²) in [6, 6.07) is 20.4. The minimum Gasteiger partial charge on any atom is -0.497 e. The molecule has 0 saturated carbocycles. The average Bonchev–Trinajstić information content (AvgIpc) is 2.74. The second-order valence-corrected chi connectivity index (χ2v) is 8.57. The van der Waals surface area contributed by atoms with Crippen molar-refractivity contribution in [3.63, 3.8) is 0 Å². The van der Waals surface area contributed by atoms with Gasteiger partial charge in [0.15, 0.2) is 0 Å². The first kappa shape index (κ1) is 21.4. The average molecular weight is 425 g/mol. The van der Waals surface area contributed by atoms with Gasteiger partial charge in [0.2, 0.25) is 0 Å². The highest BCUT2D eigenvalue weighted by atomic mass is 32.2. The smallest absolute Gasteiger partial charge is 0.262 e. The number of hydrogen-bond donors (Lipinski definition) is 2. The zero-order chi connectivity index (χ0) is 21.7. The van der Waals surface area contributed by atoms with Gasteiger partial charge in [0, 0.05) is 11.3 Å². The number of aryl methyl sites for hydroxylation is 1. The molecule has 1 amide bonds. The molecule has 0 aromatic heterocycles. The molecule has 0 spiro atoms. The molecule has 7 heteroatoms. The highest BCUT2D eigenvalue weighted by Crippen LogP contribution is 2.22. The van der Waals surface area contributed by atoms with Gasteiger partial charge in [-0.2, -0.15) is 0 Å². The van der Waals surface area contributed by atoms with Crippen LogP contribution in [0.3, 0.4) is 0 Å². The van der Waals surface area contributed by atoms with E-state index in [1.807, 2.05) is 31.2 Å². The fraction of sp³-hybridized carbons (Fsp3) is 0.174. The lowest BCUT2D eigenvalue weighted by atomic mass is 10.1. The van der Waals surface area contributed by atoms with Crippen LogP contribution in [0.1, 0.15) is 34.5 Å². The molecular weight excluding hydrogens is 400 g/mol. The molecule has 0 aliphatic carbocycles. The number of carbonyl (C=O) groups is 1. The highest BCUT2D eigenvalue weighted by molar-refractivity contribution is 7.92. The van der Waals surface area contributed by atoms with Gasteiger partial charge >= 0.3 is 0 Å². The lowest BCUT2D eigenvalue weighted by Gasteiger charge is -2.16. The lowest BCUT2D eigenvalue weighted by molar-refractivity contribution is 0.0939. The first-order valence-electron chi connectivity index (χ1n) is 9.43. The number of sulfonamides is 1. The van der Waals surface area contributed by atoms with E-state index in [4.69, 9.17) is 4.74 Å². The topological polar surface area (TPSA) is 84.5 Å². The third-order valence-corrected chi connectivity index (χ3v) is 6.25. The molecule has 30 heavy (non-hydrogen) atoms. The minimum atomic E-state index is -3.83. The van der Waals surface area contributed by atoms with Gasteiger partial charge in [0.1, 0.15) is 5.75 Å². The molecule has 0 fully saturated rings. The second-order valence-electron chi connectivity index (χ2n) is 6.92. The normalized spacial score (nSPS) is 12.1. The van der Waals surface area contributed by atoms with Gasteiger partial charge in [-0.1, -0.05) is 36.4 Å². The summed E-state index contributed by atoms with van der Waals surface area (Å²) in [4.78, 5) is 12.8. The van der Waals surface area contributed by atoms with Crippen LogP contribution in [0.2, 0.25) is 0 Å². The van der Waals surface area contributed by atoms with Gasteiger partial charge in [-0.05, 0) is 61.4 Å². The summed E-state index contributed by atoms with van der Waals surface area (Å²) in [5, 5.41) is 2.90. The van der Waals surface area contributed by atoms with E-state index in [-0.39, 0.29) is 22.4 Å². The SMILES string of the molecule is COc1ccc([C@H](C)NC(=O)c2ccc(C)c(S(=O)(=O)Nc3ccccc3)c2)cc1. The summed E-state index contributed by atoms with van der Waals surface area (Å²) in [7, 11) is -2.24. The quantitative estimate of drug-likeness (QED) is 0.592. The maximum Gasteiger partial charge on any atom is 0.262 e. The molecular formula is C23H24N2O4S. The number of amides is 1.